The molecule has 0 radical (unpaired) electrons. The number of amides is 1. The molecule has 1 aromatic rings. The van der Waals surface area contributed by atoms with E-state index >= 15 is 0 Å². The molecule has 19 heavy (non-hydrogen) atoms. The van der Waals surface area contributed by atoms with Crippen LogP contribution in [0.3, 0.4) is 0 Å². The van der Waals surface area contributed by atoms with Gasteiger partial charge in [-0.15, -0.1) is 0 Å². The molecule has 4 heteroatoms. The first-order valence-electron chi connectivity index (χ1n) is 6.74. The lowest BCUT2D eigenvalue weighted by atomic mass is 9.77. The van der Waals surface area contributed by atoms with Crippen molar-refractivity contribution in [3.63, 3.8) is 0 Å². The molecule has 1 amide bonds. The zero-order valence-corrected chi connectivity index (χ0v) is 11.8. The Morgan fingerprint density at radius 1 is 1.47 bits per heavy atom. The number of phenolic OH excluding ortho intramolecular Hbond substituents is 1. The predicted molar refractivity (Wildman–Crippen MR) is 76.3 cm³/mol. The number of nitrogens with one attached hydrogen (secondary N) is 2. The molecule has 1 atom stereocenters. The fourth-order valence-electron chi connectivity index (χ4n) is 2.61. The van der Waals surface area contributed by atoms with Crippen molar-refractivity contribution >= 4 is 11.6 Å². The standard InChI is InChI=1S/C15H22N2O2/c1-10-9-11(5-6-12(10)18)17-14(19)13-15(2,3)7-4-8-16-13/h5-6,9,13,16,18H,4,7-8H2,1-3H3,(H,17,19). The van der Waals surface area contributed by atoms with Crippen LogP contribution in [0.5, 0.6) is 5.75 Å². The molecule has 104 valence electrons. The summed E-state index contributed by atoms with van der Waals surface area (Å²) in [4.78, 5) is 12.3. The van der Waals surface area contributed by atoms with Crippen molar-refractivity contribution in [2.45, 2.75) is 39.7 Å². The Balaban J connectivity index is 2.09. The molecule has 1 aliphatic rings. The molecule has 1 aliphatic heterocycles. The van der Waals surface area contributed by atoms with E-state index in [2.05, 4.69) is 24.5 Å². The first-order valence-corrected chi connectivity index (χ1v) is 6.74. The highest BCUT2D eigenvalue weighted by molar-refractivity contribution is 5.95. The van der Waals surface area contributed by atoms with Crippen molar-refractivity contribution in [1.82, 2.24) is 5.32 Å². The quantitative estimate of drug-likeness (QED) is 0.717. The Hall–Kier alpha value is -1.55. The first kappa shape index (κ1) is 13.9. The maximum atomic E-state index is 12.3. The molecular weight excluding hydrogens is 240 g/mol. The topological polar surface area (TPSA) is 61.4 Å². The highest BCUT2D eigenvalue weighted by atomic mass is 16.3. The van der Waals surface area contributed by atoms with Gasteiger partial charge in [-0.3, -0.25) is 4.79 Å². The van der Waals surface area contributed by atoms with E-state index in [0.717, 1.165) is 30.6 Å². The minimum absolute atomic E-state index is 0.00482. The third-order valence-electron chi connectivity index (χ3n) is 3.85. The Kier molecular flexibility index (Phi) is 3.80. The van der Waals surface area contributed by atoms with Crippen molar-refractivity contribution in [2.75, 3.05) is 11.9 Å². The van der Waals surface area contributed by atoms with Gasteiger partial charge in [-0.05, 0) is 55.5 Å². The smallest absolute Gasteiger partial charge is 0.242 e. The van der Waals surface area contributed by atoms with Crippen molar-refractivity contribution in [2.24, 2.45) is 5.41 Å². The van der Waals surface area contributed by atoms with Gasteiger partial charge < -0.3 is 15.7 Å². The third-order valence-corrected chi connectivity index (χ3v) is 3.85. The fraction of sp³-hybridized carbons (Fsp3) is 0.533. The van der Waals surface area contributed by atoms with E-state index < -0.39 is 0 Å². The highest BCUT2D eigenvalue weighted by Gasteiger charge is 2.37. The Morgan fingerprint density at radius 2 is 2.21 bits per heavy atom. The van der Waals surface area contributed by atoms with E-state index in [4.69, 9.17) is 0 Å². The van der Waals surface area contributed by atoms with Gasteiger partial charge in [0.25, 0.3) is 0 Å². The predicted octanol–water partition coefficient (Wildman–Crippen LogP) is 2.42. The second-order valence-corrected chi connectivity index (χ2v) is 5.97. The monoisotopic (exact) mass is 262 g/mol. The van der Waals surface area contributed by atoms with Crippen LogP contribution in [0.4, 0.5) is 5.69 Å². The molecule has 0 aliphatic carbocycles. The molecule has 1 saturated heterocycles. The second-order valence-electron chi connectivity index (χ2n) is 5.97. The molecule has 0 saturated carbocycles. The lowest BCUT2D eigenvalue weighted by Crippen LogP contribution is -2.53. The van der Waals surface area contributed by atoms with Gasteiger partial charge in [0.15, 0.2) is 0 Å². The molecule has 0 spiro atoms. The summed E-state index contributed by atoms with van der Waals surface area (Å²) in [6.07, 6.45) is 2.15. The highest BCUT2D eigenvalue weighted by Crippen LogP contribution is 2.31. The van der Waals surface area contributed by atoms with Crippen molar-refractivity contribution in [1.29, 1.82) is 0 Å². The number of aromatic hydroxyl groups is 1. The number of carbonyl (C=O) groups is 1. The van der Waals surface area contributed by atoms with Crippen LogP contribution in [0.15, 0.2) is 18.2 Å². The lowest BCUT2D eigenvalue weighted by Gasteiger charge is -2.38. The van der Waals surface area contributed by atoms with Gasteiger partial charge in [-0.1, -0.05) is 13.8 Å². The number of carbonyl (C=O) groups excluding carboxylic acids is 1. The van der Waals surface area contributed by atoms with Crippen LogP contribution in [-0.4, -0.2) is 23.6 Å². The molecule has 3 N–H and O–H groups in total. The molecule has 1 heterocycles. The van der Waals surface area contributed by atoms with Gasteiger partial charge in [-0.2, -0.15) is 0 Å². The molecular formula is C15H22N2O2. The molecule has 1 unspecified atom stereocenters. The number of hydrogen-bond donors (Lipinski definition) is 3. The number of anilines is 1. The fourth-order valence-corrected chi connectivity index (χ4v) is 2.61. The van der Waals surface area contributed by atoms with E-state index in [1.165, 1.54) is 0 Å². The zero-order chi connectivity index (χ0) is 14.0. The summed E-state index contributed by atoms with van der Waals surface area (Å²) in [6.45, 7) is 6.93. The van der Waals surface area contributed by atoms with Gasteiger partial charge in [0.2, 0.25) is 5.91 Å². The summed E-state index contributed by atoms with van der Waals surface area (Å²) < 4.78 is 0. The van der Waals surface area contributed by atoms with Gasteiger partial charge in [0.1, 0.15) is 5.75 Å². The van der Waals surface area contributed by atoms with Crippen LogP contribution in [0.1, 0.15) is 32.3 Å². The number of aryl methyl sites for hydroxylation is 1. The van der Waals surface area contributed by atoms with Crippen LogP contribution < -0.4 is 10.6 Å². The summed E-state index contributed by atoms with van der Waals surface area (Å²) in [7, 11) is 0. The maximum absolute atomic E-state index is 12.3. The van der Waals surface area contributed by atoms with E-state index in [1.807, 2.05) is 6.92 Å². The molecule has 1 aromatic carbocycles. The number of rotatable bonds is 2. The Morgan fingerprint density at radius 3 is 2.84 bits per heavy atom. The second kappa shape index (κ2) is 5.21. The Bertz CT molecular complexity index is 483. The summed E-state index contributed by atoms with van der Waals surface area (Å²) in [5, 5.41) is 15.7. The maximum Gasteiger partial charge on any atom is 0.242 e. The van der Waals surface area contributed by atoms with Gasteiger partial charge in [0.05, 0.1) is 6.04 Å². The van der Waals surface area contributed by atoms with E-state index in [1.54, 1.807) is 18.2 Å². The molecule has 1 fully saturated rings. The van der Waals surface area contributed by atoms with E-state index in [-0.39, 0.29) is 23.1 Å². The van der Waals surface area contributed by atoms with E-state index in [9.17, 15) is 9.90 Å². The van der Waals surface area contributed by atoms with Gasteiger partial charge in [0, 0.05) is 5.69 Å². The average molecular weight is 262 g/mol. The van der Waals surface area contributed by atoms with Crippen LogP contribution >= 0.6 is 0 Å². The summed E-state index contributed by atoms with van der Waals surface area (Å²) >= 11 is 0. The van der Waals surface area contributed by atoms with Crippen LogP contribution in [0.2, 0.25) is 0 Å². The Labute approximate surface area is 114 Å². The molecule has 0 bridgehead atoms. The lowest BCUT2D eigenvalue weighted by molar-refractivity contribution is -0.121. The van der Waals surface area contributed by atoms with Crippen molar-refractivity contribution in [3.05, 3.63) is 23.8 Å². The number of piperidine rings is 1. The summed E-state index contributed by atoms with van der Waals surface area (Å²) in [5.41, 5.74) is 1.45. The van der Waals surface area contributed by atoms with Crippen LogP contribution in [0.25, 0.3) is 0 Å². The summed E-state index contributed by atoms with van der Waals surface area (Å²) in [6, 6.07) is 4.93. The first-order chi connectivity index (χ1) is 8.90. The minimum Gasteiger partial charge on any atom is -0.508 e. The number of benzene rings is 1. The largest absolute Gasteiger partial charge is 0.508 e. The van der Waals surface area contributed by atoms with Crippen LogP contribution in [0, 0.1) is 12.3 Å². The number of hydrogen-bond acceptors (Lipinski definition) is 3. The van der Waals surface area contributed by atoms with Crippen molar-refractivity contribution < 1.29 is 9.90 Å². The number of phenols is 1. The average Bonchev–Trinajstić information content (AvgIpc) is 2.33. The SMILES string of the molecule is Cc1cc(NC(=O)C2NCCCC2(C)C)ccc1O. The molecule has 4 nitrogen and oxygen atoms in total. The van der Waals surface area contributed by atoms with E-state index in [0.29, 0.717) is 0 Å². The van der Waals surface area contributed by atoms with Gasteiger partial charge >= 0.3 is 0 Å². The molecule has 2 rings (SSSR count). The van der Waals surface area contributed by atoms with Gasteiger partial charge in [-0.25, -0.2) is 0 Å². The van der Waals surface area contributed by atoms with Crippen LogP contribution in [-0.2, 0) is 4.79 Å². The van der Waals surface area contributed by atoms with Crippen molar-refractivity contribution in [3.8, 4) is 5.75 Å². The zero-order valence-electron chi connectivity index (χ0n) is 11.8. The molecule has 0 aromatic heterocycles. The third kappa shape index (κ3) is 3.07. The minimum atomic E-state index is -0.171. The normalized spacial score (nSPS) is 21.9. The summed E-state index contributed by atoms with van der Waals surface area (Å²) in [5.74, 6) is 0.240.